The number of hydrogen-bond acceptors (Lipinski definition) is 6. The maximum absolute atomic E-state index is 13.9. The van der Waals surface area contributed by atoms with Gasteiger partial charge in [0.05, 0.1) is 13.2 Å². The van der Waals surface area contributed by atoms with Crippen molar-refractivity contribution < 1.29 is 18.7 Å². The lowest BCUT2D eigenvalue weighted by atomic mass is 9.86. The van der Waals surface area contributed by atoms with E-state index < -0.39 is 5.82 Å². The van der Waals surface area contributed by atoms with Gasteiger partial charge in [0.15, 0.2) is 11.6 Å². The molecule has 31 heavy (non-hydrogen) atoms. The van der Waals surface area contributed by atoms with E-state index >= 15 is 0 Å². The highest BCUT2D eigenvalue weighted by atomic mass is 19.1. The van der Waals surface area contributed by atoms with E-state index in [0.717, 1.165) is 0 Å². The van der Waals surface area contributed by atoms with Crippen LogP contribution < -0.4 is 19.7 Å². The third-order valence-electron chi connectivity index (χ3n) is 5.58. The van der Waals surface area contributed by atoms with Gasteiger partial charge < -0.3 is 19.7 Å². The Morgan fingerprint density at radius 2 is 1.97 bits per heavy atom. The van der Waals surface area contributed by atoms with Crippen LogP contribution in [0.2, 0.25) is 0 Å². The predicted octanol–water partition coefficient (Wildman–Crippen LogP) is 3.45. The fraction of sp³-hybridized carbons (Fsp3) is 0.522. The SMILES string of the molecule is COc1ccnc(N2CCC(C(=O)NC(COc3ccccc3F)C(C)(C)C)CC2)n1. The van der Waals surface area contributed by atoms with Crippen molar-refractivity contribution >= 4 is 11.9 Å². The lowest BCUT2D eigenvalue weighted by Crippen LogP contribution is -2.51. The second kappa shape index (κ2) is 9.94. The van der Waals surface area contributed by atoms with Gasteiger partial charge >= 0.3 is 0 Å². The summed E-state index contributed by atoms with van der Waals surface area (Å²) < 4.78 is 24.7. The Hall–Kier alpha value is -2.90. The van der Waals surface area contributed by atoms with E-state index in [4.69, 9.17) is 9.47 Å². The molecule has 0 bridgehead atoms. The minimum Gasteiger partial charge on any atom is -0.488 e. The Bertz CT molecular complexity index is 879. The molecule has 1 amide bonds. The molecule has 168 valence electrons. The van der Waals surface area contributed by atoms with Crippen LogP contribution in [0.4, 0.5) is 10.3 Å². The van der Waals surface area contributed by atoms with Crippen LogP contribution in [0, 0.1) is 17.2 Å². The Labute approximate surface area is 183 Å². The molecule has 2 heterocycles. The smallest absolute Gasteiger partial charge is 0.228 e. The number of carbonyl (C=O) groups excluding carboxylic acids is 1. The second-order valence-electron chi connectivity index (χ2n) is 8.83. The van der Waals surface area contributed by atoms with Gasteiger partial charge in [-0.05, 0) is 30.4 Å². The quantitative estimate of drug-likeness (QED) is 0.725. The van der Waals surface area contributed by atoms with Gasteiger partial charge in [-0.2, -0.15) is 4.98 Å². The summed E-state index contributed by atoms with van der Waals surface area (Å²) in [7, 11) is 1.57. The van der Waals surface area contributed by atoms with Crippen molar-refractivity contribution in [1.29, 1.82) is 0 Å². The average Bonchev–Trinajstić information content (AvgIpc) is 2.77. The second-order valence-corrected chi connectivity index (χ2v) is 8.83. The fourth-order valence-corrected chi connectivity index (χ4v) is 3.47. The van der Waals surface area contributed by atoms with Gasteiger partial charge in [0.2, 0.25) is 17.7 Å². The zero-order valence-corrected chi connectivity index (χ0v) is 18.6. The van der Waals surface area contributed by atoms with E-state index in [-0.39, 0.29) is 35.6 Å². The number of para-hydroxylation sites is 1. The van der Waals surface area contributed by atoms with Crippen molar-refractivity contribution in [3.8, 4) is 11.6 Å². The molecule has 3 rings (SSSR count). The molecule has 1 atom stereocenters. The summed E-state index contributed by atoms with van der Waals surface area (Å²) >= 11 is 0. The minimum atomic E-state index is -0.409. The monoisotopic (exact) mass is 430 g/mol. The lowest BCUT2D eigenvalue weighted by Gasteiger charge is -2.35. The molecule has 2 aromatic rings. The number of halogens is 1. The summed E-state index contributed by atoms with van der Waals surface area (Å²) in [5, 5.41) is 3.13. The maximum atomic E-state index is 13.9. The number of ether oxygens (including phenoxy) is 2. The standard InChI is InChI=1S/C23H31FN4O3/c1-23(2,3)19(15-31-18-8-6-5-7-17(18)24)26-21(29)16-10-13-28(14-11-16)22-25-12-9-20(27-22)30-4/h5-9,12,16,19H,10-11,13-15H2,1-4H3,(H,26,29). The van der Waals surface area contributed by atoms with Gasteiger partial charge in [0, 0.05) is 31.3 Å². The van der Waals surface area contributed by atoms with E-state index in [1.54, 1.807) is 37.6 Å². The van der Waals surface area contributed by atoms with Gasteiger partial charge in [-0.25, -0.2) is 9.37 Å². The molecule has 1 aliphatic rings. The normalized spacial score (nSPS) is 16.0. The number of methoxy groups -OCH3 is 1. The lowest BCUT2D eigenvalue weighted by molar-refractivity contribution is -0.127. The van der Waals surface area contributed by atoms with Crippen molar-refractivity contribution in [2.45, 2.75) is 39.7 Å². The molecule has 0 radical (unpaired) electrons. The molecule has 0 aliphatic carbocycles. The molecule has 8 heteroatoms. The maximum Gasteiger partial charge on any atom is 0.228 e. The van der Waals surface area contributed by atoms with E-state index in [1.165, 1.54) is 6.07 Å². The molecule has 1 aromatic heterocycles. The van der Waals surface area contributed by atoms with Gasteiger partial charge in [0.25, 0.3) is 0 Å². The van der Waals surface area contributed by atoms with Crippen LogP contribution in [0.5, 0.6) is 11.6 Å². The number of rotatable bonds is 7. The van der Waals surface area contributed by atoms with E-state index in [2.05, 4.69) is 20.2 Å². The molecule has 0 saturated carbocycles. The number of anilines is 1. The van der Waals surface area contributed by atoms with Crippen LogP contribution in [0.1, 0.15) is 33.6 Å². The van der Waals surface area contributed by atoms with Crippen molar-refractivity contribution in [2.75, 3.05) is 31.7 Å². The zero-order valence-electron chi connectivity index (χ0n) is 18.6. The average molecular weight is 431 g/mol. The first-order chi connectivity index (χ1) is 14.8. The number of nitrogens with one attached hydrogen (secondary N) is 1. The summed E-state index contributed by atoms with van der Waals surface area (Å²) in [6.07, 6.45) is 3.08. The van der Waals surface area contributed by atoms with Gasteiger partial charge in [-0.15, -0.1) is 0 Å². The number of amides is 1. The number of aromatic nitrogens is 2. The van der Waals surface area contributed by atoms with Crippen molar-refractivity contribution in [3.63, 3.8) is 0 Å². The Balaban J connectivity index is 1.56. The summed E-state index contributed by atoms with van der Waals surface area (Å²) in [6.45, 7) is 7.68. The fourth-order valence-electron chi connectivity index (χ4n) is 3.47. The van der Waals surface area contributed by atoms with Crippen LogP contribution in [0.3, 0.4) is 0 Å². The molecule has 0 spiro atoms. The van der Waals surface area contributed by atoms with Crippen LogP contribution >= 0.6 is 0 Å². The first kappa shape index (κ1) is 22.8. The summed E-state index contributed by atoms with van der Waals surface area (Å²) in [5.74, 6) is 0.825. The van der Waals surface area contributed by atoms with Crippen molar-refractivity contribution in [1.82, 2.24) is 15.3 Å². The van der Waals surface area contributed by atoms with Crippen molar-refractivity contribution in [2.24, 2.45) is 11.3 Å². The molecule has 1 fully saturated rings. The summed E-state index contributed by atoms with van der Waals surface area (Å²) in [5.41, 5.74) is -0.240. The summed E-state index contributed by atoms with van der Waals surface area (Å²) in [6, 6.07) is 7.75. The molecule has 1 aromatic carbocycles. The van der Waals surface area contributed by atoms with E-state index in [9.17, 15) is 9.18 Å². The highest BCUT2D eigenvalue weighted by molar-refractivity contribution is 5.79. The van der Waals surface area contributed by atoms with Crippen LogP contribution in [-0.4, -0.2) is 48.7 Å². The first-order valence-electron chi connectivity index (χ1n) is 10.6. The molecule has 1 aliphatic heterocycles. The topological polar surface area (TPSA) is 76.6 Å². The Morgan fingerprint density at radius 1 is 1.26 bits per heavy atom. The van der Waals surface area contributed by atoms with Crippen molar-refractivity contribution in [3.05, 3.63) is 42.3 Å². The van der Waals surface area contributed by atoms with Crippen LogP contribution in [0.15, 0.2) is 36.5 Å². The highest BCUT2D eigenvalue weighted by Gasteiger charge is 2.32. The third-order valence-corrected chi connectivity index (χ3v) is 5.58. The third kappa shape index (κ3) is 6.06. The number of piperidine rings is 1. The van der Waals surface area contributed by atoms with Gasteiger partial charge in [-0.3, -0.25) is 4.79 Å². The molecule has 1 saturated heterocycles. The Morgan fingerprint density at radius 3 is 2.61 bits per heavy atom. The molecule has 1 unspecified atom stereocenters. The van der Waals surface area contributed by atoms with Gasteiger partial charge in [0.1, 0.15) is 6.61 Å². The largest absolute Gasteiger partial charge is 0.488 e. The number of benzene rings is 1. The summed E-state index contributed by atoms with van der Waals surface area (Å²) in [4.78, 5) is 23.7. The molecular weight excluding hydrogens is 399 g/mol. The van der Waals surface area contributed by atoms with Crippen LogP contribution in [-0.2, 0) is 4.79 Å². The predicted molar refractivity (Wildman–Crippen MR) is 117 cm³/mol. The molecule has 7 nitrogen and oxygen atoms in total. The highest BCUT2D eigenvalue weighted by Crippen LogP contribution is 2.25. The molecular formula is C23H31FN4O3. The number of carbonyl (C=O) groups is 1. The number of hydrogen-bond donors (Lipinski definition) is 1. The van der Waals surface area contributed by atoms with Crippen LogP contribution in [0.25, 0.3) is 0 Å². The van der Waals surface area contributed by atoms with Gasteiger partial charge in [-0.1, -0.05) is 32.9 Å². The minimum absolute atomic E-state index is 0.00303. The first-order valence-corrected chi connectivity index (χ1v) is 10.6. The molecule has 1 N–H and O–H groups in total. The Kier molecular flexibility index (Phi) is 7.30. The zero-order chi connectivity index (χ0) is 22.4. The van der Waals surface area contributed by atoms with E-state index in [1.807, 2.05) is 20.8 Å². The van der Waals surface area contributed by atoms with E-state index in [0.29, 0.717) is 37.8 Å². The number of nitrogens with zero attached hydrogens (tertiary/aromatic N) is 3.